The molecular formula is C20H23ClN6O. The third kappa shape index (κ3) is 4.88. The summed E-state index contributed by atoms with van der Waals surface area (Å²) in [7, 11) is 0. The normalized spacial score (nSPS) is 14.1. The lowest BCUT2D eigenvalue weighted by Gasteiger charge is -2.22. The third-order valence-electron chi connectivity index (χ3n) is 4.61. The minimum absolute atomic E-state index is 0. The molecule has 0 aliphatic carbocycles. The predicted octanol–water partition coefficient (Wildman–Crippen LogP) is 3.62. The van der Waals surface area contributed by atoms with Crippen molar-refractivity contribution in [3.63, 3.8) is 0 Å². The van der Waals surface area contributed by atoms with Crippen LogP contribution in [-0.4, -0.2) is 34.0 Å². The van der Waals surface area contributed by atoms with Gasteiger partial charge < -0.3 is 16.0 Å². The molecule has 28 heavy (non-hydrogen) atoms. The van der Waals surface area contributed by atoms with Gasteiger partial charge in [0.2, 0.25) is 0 Å². The maximum Gasteiger partial charge on any atom is 0.277 e. The van der Waals surface area contributed by atoms with Crippen LogP contribution in [0.1, 0.15) is 29.4 Å². The highest BCUT2D eigenvalue weighted by molar-refractivity contribution is 6.02. The molecule has 3 N–H and O–H groups in total. The molecule has 0 saturated carbocycles. The van der Waals surface area contributed by atoms with Gasteiger partial charge in [-0.05, 0) is 56.3 Å². The first kappa shape index (κ1) is 19.9. The van der Waals surface area contributed by atoms with Crippen LogP contribution in [-0.2, 0) is 0 Å². The average molecular weight is 399 g/mol. The van der Waals surface area contributed by atoms with Gasteiger partial charge in [-0.3, -0.25) is 4.79 Å². The van der Waals surface area contributed by atoms with Gasteiger partial charge in [-0.1, -0.05) is 29.5 Å². The number of hydrogen-bond acceptors (Lipinski definition) is 5. The number of nitrogens with one attached hydrogen (secondary N) is 3. The minimum Gasteiger partial charge on any atom is -0.355 e. The van der Waals surface area contributed by atoms with E-state index in [1.165, 1.54) is 0 Å². The van der Waals surface area contributed by atoms with Gasteiger partial charge in [-0.2, -0.15) is 0 Å². The largest absolute Gasteiger partial charge is 0.355 e. The highest BCUT2D eigenvalue weighted by atomic mass is 35.5. The summed E-state index contributed by atoms with van der Waals surface area (Å²) in [5.74, 6) is -0.257. The molecule has 1 aromatic heterocycles. The molecule has 146 valence electrons. The van der Waals surface area contributed by atoms with Gasteiger partial charge in [0.25, 0.3) is 5.91 Å². The van der Waals surface area contributed by atoms with Gasteiger partial charge in [0.05, 0.1) is 12.2 Å². The summed E-state index contributed by atoms with van der Waals surface area (Å²) < 4.78 is 1.81. The molecular weight excluding hydrogens is 376 g/mol. The van der Waals surface area contributed by atoms with Crippen LogP contribution in [0.2, 0.25) is 0 Å². The fraction of sp³-hybridized carbons (Fsp3) is 0.250. The SMILES string of the molecule is Cl.O=C(Nc1cccc(Nc2ccccc2)c1)c1cn(C2CCNCC2)nn1. The lowest BCUT2D eigenvalue weighted by molar-refractivity contribution is 0.102. The molecule has 0 bridgehead atoms. The number of para-hydroxylation sites is 1. The van der Waals surface area contributed by atoms with E-state index in [-0.39, 0.29) is 18.3 Å². The van der Waals surface area contributed by atoms with Crippen LogP contribution in [0.4, 0.5) is 17.1 Å². The van der Waals surface area contributed by atoms with E-state index in [1.54, 1.807) is 6.20 Å². The standard InChI is InChI=1S/C20H22N6O.ClH/c27-20(19-14-26(25-24-19)18-9-11-21-12-10-18)23-17-8-4-7-16(13-17)22-15-5-2-1-3-6-15;/h1-8,13-14,18,21-22H,9-12H2,(H,23,27);1H. The number of anilines is 3. The van der Waals surface area contributed by atoms with Crippen molar-refractivity contribution in [2.24, 2.45) is 0 Å². The average Bonchev–Trinajstić information content (AvgIpc) is 3.20. The number of carbonyl (C=O) groups is 1. The van der Waals surface area contributed by atoms with Crippen molar-refractivity contribution in [3.05, 3.63) is 66.5 Å². The van der Waals surface area contributed by atoms with Crippen LogP contribution in [0, 0.1) is 0 Å². The molecule has 1 amide bonds. The number of amides is 1. The number of aromatic nitrogens is 3. The second-order valence-electron chi connectivity index (χ2n) is 6.59. The zero-order chi connectivity index (χ0) is 18.5. The Bertz CT molecular complexity index is 908. The number of rotatable bonds is 5. The Hall–Kier alpha value is -2.90. The summed E-state index contributed by atoms with van der Waals surface area (Å²) in [5, 5.41) is 17.7. The fourth-order valence-electron chi connectivity index (χ4n) is 3.19. The Morgan fingerprint density at radius 3 is 2.50 bits per heavy atom. The summed E-state index contributed by atoms with van der Waals surface area (Å²) in [6, 6.07) is 17.8. The Kier molecular flexibility index (Phi) is 6.62. The monoisotopic (exact) mass is 398 g/mol. The molecule has 1 saturated heterocycles. The third-order valence-corrected chi connectivity index (χ3v) is 4.61. The molecule has 1 fully saturated rings. The van der Waals surface area contributed by atoms with E-state index in [2.05, 4.69) is 26.3 Å². The highest BCUT2D eigenvalue weighted by Crippen LogP contribution is 2.21. The molecule has 8 heteroatoms. The highest BCUT2D eigenvalue weighted by Gasteiger charge is 2.18. The Morgan fingerprint density at radius 2 is 1.71 bits per heavy atom. The van der Waals surface area contributed by atoms with Crippen LogP contribution in [0.15, 0.2) is 60.8 Å². The molecule has 0 radical (unpaired) electrons. The molecule has 2 heterocycles. The van der Waals surface area contributed by atoms with Crippen LogP contribution >= 0.6 is 12.4 Å². The van der Waals surface area contributed by atoms with E-state index in [9.17, 15) is 4.79 Å². The van der Waals surface area contributed by atoms with Crippen LogP contribution in [0.25, 0.3) is 0 Å². The van der Waals surface area contributed by atoms with E-state index in [0.717, 1.165) is 37.3 Å². The first-order chi connectivity index (χ1) is 13.3. The van der Waals surface area contributed by atoms with E-state index < -0.39 is 0 Å². The van der Waals surface area contributed by atoms with Crippen molar-refractivity contribution in [2.75, 3.05) is 23.7 Å². The van der Waals surface area contributed by atoms with Crippen LogP contribution in [0.3, 0.4) is 0 Å². The molecule has 7 nitrogen and oxygen atoms in total. The van der Waals surface area contributed by atoms with Gasteiger partial charge in [-0.25, -0.2) is 4.68 Å². The smallest absolute Gasteiger partial charge is 0.277 e. The lowest BCUT2D eigenvalue weighted by atomic mass is 10.1. The summed E-state index contributed by atoms with van der Waals surface area (Å²) in [6.45, 7) is 1.93. The number of nitrogens with zero attached hydrogens (tertiary/aromatic N) is 3. The first-order valence-corrected chi connectivity index (χ1v) is 9.14. The Morgan fingerprint density at radius 1 is 1.00 bits per heavy atom. The van der Waals surface area contributed by atoms with Crippen molar-refractivity contribution < 1.29 is 4.79 Å². The summed E-state index contributed by atoms with van der Waals surface area (Å²) >= 11 is 0. The summed E-state index contributed by atoms with van der Waals surface area (Å²) in [4.78, 5) is 12.5. The second-order valence-corrected chi connectivity index (χ2v) is 6.59. The number of hydrogen-bond donors (Lipinski definition) is 3. The molecule has 0 spiro atoms. The quantitative estimate of drug-likeness (QED) is 0.611. The molecule has 2 aromatic carbocycles. The Balaban J connectivity index is 0.00000225. The second kappa shape index (κ2) is 9.34. The molecule has 3 aromatic rings. The fourth-order valence-corrected chi connectivity index (χ4v) is 3.19. The summed E-state index contributed by atoms with van der Waals surface area (Å²) in [5.41, 5.74) is 2.93. The molecule has 1 aliphatic heterocycles. The molecule has 0 unspecified atom stereocenters. The van der Waals surface area contributed by atoms with Gasteiger partial charge in [-0.15, -0.1) is 17.5 Å². The predicted molar refractivity (Wildman–Crippen MR) is 113 cm³/mol. The molecule has 0 atom stereocenters. The zero-order valence-corrected chi connectivity index (χ0v) is 16.2. The topological polar surface area (TPSA) is 83.9 Å². The van der Waals surface area contributed by atoms with Gasteiger partial charge in [0, 0.05) is 17.1 Å². The van der Waals surface area contributed by atoms with Gasteiger partial charge in [0.1, 0.15) is 0 Å². The van der Waals surface area contributed by atoms with Crippen LogP contribution in [0.5, 0.6) is 0 Å². The van der Waals surface area contributed by atoms with Gasteiger partial charge >= 0.3 is 0 Å². The van der Waals surface area contributed by atoms with E-state index in [0.29, 0.717) is 17.4 Å². The number of carbonyl (C=O) groups excluding carboxylic acids is 1. The number of benzene rings is 2. The minimum atomic E-state index is -0.257. The maximum atomic E-state index is 12.5. The lowest BCUT2D eigenvalue weighted by Crippen LogP contribution is -2.29. The molecule has 4 rings (SSSR count). The van der Waals surface area contributed by atoms with E-state index in [4.69, 9.17) is 0 Å². The van der Waals surface area contributed by atoms with Crippen molar-refractivity contribution in [1.29, 1.82) is 0 Å². The van der Waals surface area contributed by atoms with Crippen molar-refractivity contribution in [3.8, 4) is 0 Å². The Labute approximate surface area is 169 Å². The molecule has 1 aliphatic rings. The zero-order valence-electron chi connectivity index (χ0n) is 15.3. The number of piperidine rings is 1. The van der Waals surface area contributed by atoms with E-state index in [1.807, 2.05) is 59.3 Å². The van der Waals surface area contributed by atoms with Crippen molar-refractivity contribution >= 4 is 35.4 Å². The first-order valence-electron chi connectivity index (χ1n) is 9.14. The number of halogens is 1. The van der Waals surface area contributed by atoms with Gasteiger partial charge in [0.15, 0.2) is 5.69 Å². The van der Waals surface area contributed by atoms with Crippen molar-refractivity contribution in [1.82, 2.24) is 20.3 Å². The van der Waals surface area contributed by atoms with Crippen molar-refractivity contribution in [2.45, 2.75) is 18.9 Å². The maximum absolute atomic E-state index is 12.5. The summed E-state index contributed by atoms with van der Waals surface area (Å²) in [6.07, 6.45) is 3.73. The van der Waals surface area contributed by atoms with E-state index >= 15 is 0 Å². The van der Waals surface area contributed by atoms with Crippen LogP contribution < -0.4 is 16.0 Å².